The van der Waals surface area contributed by atoms with Crippen LogP contribution in [0.3, 0.4) is 0 Å². The molecule has 0 unspecified atom stereocenters. The number of hydrogen-bond acceptors (Lipinski definition) is 5. The molecular weight excluding hydrogens is 372 g/mol. The van der Waals surface area contributed by atoms with Crippen LogP contribution in [0.25, 0.3) is 0 Å². The van der Waals surface area contributed by atoms with Gasteiger partial charge >= 0.3 is 5.97 Å². The SMILES string of the molecule is Cc1nc(C)c(C(=O)OCC(=O)c2cc(C)n(CCc3ccccc3)c2C)s1. The second-order valence-electron chi connectivity index (χ2n) is 6.82. The van der Waals surface area contributed by atoms with Crippen molar-refractivity contribution in [3.63, 3.8) is 0 Å². The molecule has 0 atom stereocenters. The molecule has 146 valence electrons. The number of Topliss-reactive ketones (excluding diaryl/α,β-unsaturated/α-hetero) is 1. The number of hydrogen-bond donors (Lipinski definition) is 0. The summed E-state index contributed by atoms with van der Waals surface area (Å²) in [7, 11) is 0. The number of ketones is 1. The molecule has 5 nitrogen and oxygen atoms in total. The van der Waals surface area contributed by atoms with Gasteiger partial charge in [-0.15, -0.1) is 11.3 Å². The normalized spacial score (nSPS) is 10.9. The lowest BCUT2D eigenvalue weighted by molar-refractivity contribution is 0.0478. The highest BCUT2D eigenvalue weighted by atomic mass is 32.1. The van der Waals surface area contributed by atoms with Crippen molar-refractivity contribution in [1.29, 1.82) is 0 Å². The van der Waals surface area contributed by atoms with Crippen molar-refractivity contribution in [2.24, 2.45) is 0 Å². The minimum Gasteiger partial charge on any atom is -0.453 e. The van der Waals surface area contributed by atoms with E-state index in [1.54, 1.807) is 6.92 Å². The molecule has 2 aromatic heterocycles. The summed E-state index contributed by atoms with van der Waals surface area (Å²) in [5.41, 5.74) is 4.43. The van der Waals surface area contributed by atoms with Crippen LogP contribution in [-0.4, -0.2) is 27.9 Å². The van der Waals surface area contributed by atoms with Crippen LogP contribution in [0.2, 0.25) is 0 Å². The Kier molecular flexibility index (Phi) is 6.09. The van der Waals surface area contributed by atoms with E-state index >= 15 is 0 Å². The fourth-order valence-electron chi connectivity index (χ4n) is 3.31. The Labute approximate surface area is 169 Å². The summed E-state index contributed by atoms with van der Waals surface area (Å²) in [6.45, 7) is 8.06. The Morgan fingerprint density at radius 1 is 1.11 bits per heavy atom. The number of nitrogens with zero attached hydrogens (tertiary/aromatic N) is 2. The van der Waals surface area contributed by atoms with Gasteiger partial charge in [0.05, 0.1) is 10.7 Å². The molecule has 0 bridgehead atoms. The molecule has 1 aromatic carbocycles. The molecule has 3 rings (SSSR count). The van der Waals surface area contributed by atoms with Crippen molar-refractivity contribution >= 4 is 23.1 Å². The van der Waals surface area contributed by atoms with Crippen molar-refractivity contribution in [3.8, 4) is 0 Å². The predicted molar refractivity (Wildman–Crippen MR) is 110 cm³/mol. The van der Waals surface area contributed by atoms with E-state index in [4.69, 9.17) is 4.74 Å². The predicted octanol–water partition coefficient (Wildman–Crippen LogP) is 4.46. The summed E-state index contributed by atoms with van der Waals surface area (Å²) in [5, 5.41) is 0.803. The number of carbonyl (C=O) groups excluding carboxylic acids is 2. The Bertz CT molecular complexity index is 1000. The Balaban J connectivity index is 1.65. The number of esters is 1. The molecule has 6 heteroatoms. The van der Waals surface area contributed by atoms with Crippen LogP contribution >= 0.6 is 11.3 Å². The maximum atomic E-state index is 12.6. The number of benzene rings is 1. The van der Waals surface area contributed by atoms with E-state index < -0.39 is 5.97 Å². The largest absolute Gasteiger partial charge is 0.453 e. The van der Waals surface area contributed by atoms with Gasteiger partial charge in [0, 0.05) is 23.5 Å². The van der Waals surface area contributed by atoms with Crippen LogP contribution in [0, 0.1) is 27.7 Å². The minimum absolute atomic E-state index is 0.189. The lowest BCUT2D eigenvalue weighted by Crippen LogP contribution is -2.15. The molecular formula is C22H24N2O3S. The molecule has 0 amide bonds. The van der Waals surface area contributed by atoms with Crippen molar-refractivity contribution in [1.82, 2.24) is 9.55 Å². The molecule has 0 saturated carbocycles. The number of aromatic nitrogens is 2. The molecule has 0 aliphatic heterocycles. The van der Waals surface area contributed by atoms with E-state index in [1.807, 2.05) is 45.0 Å². The van der Waals surface area contributed by atoms with E-state index in [9.17, 15) is 9.59 Å². The van der Waals surface area contributed by atoms with Gasteiger partial charge in [-0.1, -0.05) is 30.3 Å². The average Bonchev–Trinajstić information content (AvgIpc) is 3.16. The van der Waals surface area contributed by atoms with E-state index in [-0.39, 0.29) is 12.4 Å². The van der Waals surface area contributed by atoms with E-state index in [1.165, 1.54) is 16.9 Å². The average molecular weight is 397 g/mol. The van der Waals surface area contributed by atoms with Crippen molar-refractivity contribution in [3.05, 3.63) is 74.5 Å². The van der Waals surface area contributed by atoms with Crippen LogP contribution < -0.4 is 0 Å². The first-order valence-corrected chi connectivity index (χ1v) is 10.0. The standard InChI is InChI=1S/C22H24N2O3S/c1-14-12-19(16(3)24(14)11-10-18-8-6-5-7-9-18)20(25)13-27-22(26)21-15(2)23-17(4)28-21/h5-9,12H,10-11,13H2,1-4H3. The lowest BCUT2D eigenvalue weighted by Gasteiger charge is -2.10. The van der Waals surface area contributed by atoms with Gasteiger partial charge in [0.1, 0.15) is 4.88 Å². The second-order valence-corrected chi connectivity index (χ2v) is 8.02. The number of aryl methyl sites for hydroxylation is 4. The van der Waals surface area contributed by atoms with Gasteiger partial charge in [-0.25, -0.2) is 9.78 Å². The Morgan fingerprint density at radius 3 is 2.46 bits per heavy atom. The first-order chi connectivity index (χ1) is 13.4. The highest BCUT2D eigenvalue weighted by molar-refractivity contribution is 7.13. The second kappa shape index (κ2) is 8.52. The summed E-state index contributed by atoms with van der Waals surface area (Å²) in [6.07, 6.45) is 0.893. The Morgan fingerprint density at radius 2 is 1.82 bits per heavy atom. The van der Waals surface area contributed by atoms with E-state index in [2.05, 4.69) is 21.7 Å². The molecule has 0 radical (unpaired) electrons. The monoisotopic (exact) mass is 396 g/mol. The van der Waals surface area contributed by atoms with Gasteiger partial charge < -0.3 is 9.30 Å². The lowest BCUT2D eigenvalue weighted by atomic mass is 10.1. The summed E-state index contributed by atoms with van der Waals surface area (Å²) in [4.78, 5) is 29.5. The molecule has 3 aromatic rings. The van der Waals surface area contributed by atoms with E-state index in [0.29, 0.717) is 16.1 Å². The topological polar surface area (TPSA) is 61.2 Å². The third-order valence-corrected chi connectivity index (χ3v) is 5.82. The van der Waals surface area contributed by atoms with Gasteiger partial charge in [-0.05, 0) is 45.7 Å². The highest BCUT2D eigenvalue weighted by Gasteiger charge is 2.20. The fraction of sp³-hybridized carbons (Fsp3) is 0.318. The van der Waals surface area contributed by atoms with Gasteiger partial charge in [0.2, 0.25) is 5.78 Å². The maximum absolute atomic E-state index is 12.6. The zero-order valence-electron chi connectivity index (χ0n) is 16.6. The highest BCUT2D eigenvalue weighted by Crippen LogP contribution is 2.20. The van der Waals surface area contributed by atoms with Crippen molar-refractivity contribution in [2.75, 3.05) is 6.61 Å². The quantitative estimate of drug-likeness (QED) is 0.437. The van der Waals surface area contributed by atoms with Crippen LogP contribution in [0.1, 0.15) is 47.7 Å². The van der Waals surface area contributed by atoms with Gasteiger partial charge in [0.25, 0.3) is 0 Å². The summed E-state index contributed by atoms with van der Waals surface area (Å²) >= 11 is 1.28. The molecule has 28 heavy (non-hydrogen) atoms. The Hall–Kier alpha value is -2.73. The first kappa shape index (κ1) is 20.0. The number of thiazole rings is 1. The van der Waals surface area contributed by atoms with Crippen LogP contribution in [0.4, 0.5) is 0 Å². The molecule has 0 aliphatic rings. The number of ether oxygens (including phenoxy) is 1. The van der Waals surface area contributed by atoms with Crippen molar-refractivity contribution < 1.29 is 14.3 Å². The van der Waals surface area contributed by atoms with E-state index in [0.717, 1.165) is 29.4 Å². The van der Waals surface area contributed by atoms with Crippen LogP contribution in [0.5, 0.6) is 0 Å². The van der Waals surface area contributed by atoms with Gasteiger partial charge in [-0.3, -0.25) is 4.79 Å². The summed E-state index contributed by atoms with van der Waals surface area (Å²) in [6, 6.07) is 12.1. The zero-order valence-corrected chi connectivity index (χ0v) is 17.4. The number of carbonyl (C=O) groups is 2. The maximum Gasteiger partial charge on any atom is 0.350 e. The molecule has 0 aliphatic carbocycles. The smallest absolute Gasteiger partial charge is 0.350 e. The third kappa shape index (κ3) is 4.39. The van der Waals surface area contributed by atoms with Crippen LogP contribution in [-0.2, 0) is 17.7 Å². The molecule has 0 fully saturated rings. The van der Waals surface area contributed by atoms with Gasteiger partial charge in [0.15, 0.2) is 6.61 Å². The molecule has 0 N–H and O–H groups in total. The zero-order chi connectivity index (χ0) is 20.3. The van der Waals surface area contributed by atoms with Gasteiger partial charge in [-0.2, -0.15) is 0 Å². The van der Waals surface area contributed by atoms with Crippen molar-refractivity contribution in [2.45, 2.75) is 40.7 Å². The fourth-order valence-corrected chi connectivity index (χ4v) is 4.12. The molecule has 0 saturated heterocycles. The number of rotatable bonds is 7. The van der Waals surface area contributed by atoms with Crippen LogP contribution in [0.15, 0.2) is 36.4 Å². The molecule has 2 heterocycles. The summed E-state index contributed by atoms with van der Waals surface area (Å²) in [5.74, 6) is -0.680. The third-order valence-electron chi connectivity index (χ3n) is 4.76. The minimum atomic E-state index is -0.491. The summed E-state index contributed by atoms with van der Waals surface area (Å²) < 4.78 is 7.38. The molecule has 0 spiro atoms. The first-order valence-electron chi connectivity index (χ1n) is 9.22.